The number of benzene rings is 1. The fourth-order valence-corrected chi connectivity index (χ4v) is 3.02. The first kappa shape index (κ1) is 20.6. The van der Waals surface area contributed by atoms with E-state index in [2.05, 4.69) is 10.0 Å². The molecule has 1 aliphatic heterocycles. The first-order valence-corrected chi connectivity index (χ1v) is 9.21. The van der Waals surface area contributed by atoms with Gasteiger partial charge in [-0.3, -0.25) is 10.0 Å². The standard InChI is InChI=1S/C14H20ClN5O5S/c1-10(13(21)17-23)18-26(24)25-20-8-6-19(7-9-20)14(22)16-12-4-2-11(15)3-5-12/h2-5,10,18,23H,6-9H2,1H3,(H,16,22)(H,17,21)/t10-,26?/m1/s1. The summed E-state index contributed by atoms with van der Waals surface area (Å²) in [7, 11) is 0. The van der Waals surface area contributed by atoms with Gasteiger partial charge in [0, 0.05) is 36.9 Å². The van der Waals surface area contributed by atoms with Crippen LogP contribution in [0, 0.1) is 0 Å². The SMILES string of the molecule is C[C@@H](NS(=O)ON1CCN(C(=O)Nc2ccc(Cl)cc2)CC1)C(=O)NO. The summed E-state index contributed by atoms with van der Waals surface area (Å²) in [6.07, 6.45) is 0. The van der Waals surface area contributed by atoms with Gasteiger partial charge in [0.15, 0.2) is 0 Å². The van der Waals surface area contributed by atoms with E-state index in [0.29, 0.717) is 36.9 Å². The zero-order chi connectivity index (χ0) is 19.1. The van der Waals surface area contributed by atoms with E-state index in [9.17, 15) is 13.8 Å². The van der Waals surface area contributed by atoms with Gasteiger partial charge in [-0.25, -0.2) is 19.2 Å². The Kier molecular flexibility index (Phi) is 7.75. The van der Waals surface area contributed by atoms with Crippen LogP contribution >= 0.6 is 11.6 Å². The van der Waals surface area contributed by atoms with E-state index in [1.165, 1.54) is 17.5 Å². The van der Waals surface area contributed by atoms with Crippen LogP contribution in [0.1, 0.15) is 6.92 Å². The Morgan fingerprint density at radius 1 is 1.23 bits per heavy atom. The molecular weight excluding hydrogens is 386 g/mol. The average molecular weight is 406 g/mol. The normalized spacial score (nSPS) is 17.4. The molecule has 0 radical (unpaired) electrons. The lowest BCUT2D eigenvalue weighted by molar-refractivity contribution is -0.130. The third-order valence-electron chi connectivity index (χ3n) is 3.57. The number of hydrogen-bond acceptors (Lipinski definition) is 6. The van der Waals surface area contributed by atoms with Crippen molar-refractivity contribution in [3.05, 3.63) is 29.3 Å². The van der Waals surface area contributed by atoms with Crippen LogP contribution in [-0.4, -0.2) is 63.5 Å². The first-order chi connectivity index (χ1) is 12.4. The van der Waals surface area contributed by atoms with E-state index in [1.54, 1.807) is 29.2 Å². The van der Waals surface area contributed by atoms with Crippen LogP contribution in [0.5, 0.6) is 0 Å². The molecule has 0 saturated carbocycles. The number of carbonyl (C=O) groups excluding carboxylic acids is 2. The Balaban J connectivity index is 1.74. The lowest BCUT2D eigenvalue weighted by Crippen LogP contribution is -2.51. The number of anilines is 1. The number of hydrogen-bond donors (Lipinski definition) is 4. The summed E-state index contributed by atoms with van der Waals surface area (Å²) in [6, 6.07) is 5.63. The van der Waals surface area contributed by atoms with Gasteiger partial charge in [0.25, 0.3) is 17.2 Å². The number of hydroxylamine groups is 3. The maximum absolute atomic E-state index is 12.2. The quantitative estimate of drug-likeness (QED) is 0.403. The van der Waals surface area contributed by atoms with Crippen molar-refractivity contribution in [2.45, 2.75) is 13.0 Å². The van der Waals surface area contributed by atoms with E-state index < -0.39 is 23.2 Å². The molecule has 10 nitrogen and oxygen atoms in total. The lowest BCUT2D eigenvalue weighted by Gasteiger charge is -2.33. The van der Waals surface area contributed by atoms with Crippen LogP contribution < -0.4 is 15.5 Å². The number of halogens is 1. The Labute approximate surface area is 158 Å². The third kappa shape index (κ3) is 6.20. The summed E-state index contributed by atoms with van der Waals surface area (Å²) in [6.45, 7) is 2.88. The van der Waals surface area contributed by atoms with Gasteiger partial charge in [0.1, 0.15) is 0 Å². The second-order valence-corrected chi connectivity index (χ2v) is 6.77. The van der Waals surface area contributed by atoms with E-state index in [1.807, 2.05) is 0 Å². The summed E-state index contributed by atoms with van der Waals surface area (Å²) < 4.78 is 19.4. The van der Waals surface area contributed by atoms with Crippen molar-refractivity contribution in [3.8, 4) is 0 Å². The Morgan fingerprint density at radius 3 is 2.42 bits per heavy atom. The minimum absolute atomic E-state index is 0.251. The van der Waals surface area contributed by atoms with Gasteiger partial charge in [-0.2, -0.15) is 9.35 Å². The van der Waals surface area contributed by atoms with Crippen molar-refractivity contribution >= 4 is 40.5 Å². The first-order valence-electron chi connectivity index (χ1n) is 7.76. The molecule has 1 saturated heterocycles. The molecule has 3 amide bonds. The number of nitrogens with zero attached hydrogens (tertiary/aromatic N) is 2. The van der Waals surface area contributed by atoms with Crippen LogP contribution in [0.3, 0.4) is 0 Å². The van der Waals surface area contributed by atoms with Crippen molar-refractivity contribution in [2.24, 2.45) is 0 Å². The molecule has 1 fully saturated rings. The summed E-state index contributed by atoms with van der Waals surface area (Å²) in [5.41, 5.74) is 2.09. The van der Waals surface area contributed by atoms with Gasteiger partial charge >= 0.3 is 6.03 Å². The topological polar surface area (TPSA) is 123 Å². The van der Waals surface area contributed by atoms with Gasteiger partial charge in [-0.05, 0) is 31.2 Å². The second-order valence-electron chi connectivity index (χ2n) is 5.48. The molecule has 12 heteroatoms. The highest BCUT2D eigenvalue weighted by Crippen LogP contribution is 2.14. The molecule has 2 rings (SSSR count). The molecule has 144 valence electrons. The summed E-state index contributed by atoms with van der Waals surface area (Å²) in [5.74, 6) is -0.731. The smallest absolute Gasteiger partial charge is 0.321 e. The number of nitrogens with one attached hydrogen (secondary N) is 3. The molecule has 26 heavy (non-hydrogen) atoms. The molecule has 4 N–H and O–H groups in total. The van der Waals surface area contributed by atoms with Gasteiger partial charge in [0.05, 0.1) is 6.04 Å². The summed E-state index contributed by atoms with van der Waals surface area (Å²) in [4.78, 5) is 25.0. The zero-order valence-corrected chi connectivity index (χ0v) is 15.5. The molecule has 1 unspecified atom stereocenters. The second kappa shape index (κ2) is 9.80. The molecule has 1 aromatic rings. The number of amides is 3. The lowest BCUT2D eigenvalue weighted by atomic mass is 10.3. The van der Waals surface area contributed by atoms with Crippen molar-refractivity contribution in [2.75, 3.05) is 31.5 Å². The average Bonchev–Trinajstić information content (AvgIpc) is 2.63. The maximum atomic E-state index is 12.2. The predicted octanol–water partition coefficient (Wildman–Crippen LogP) is 0.483. The fraction of sp³-hybridized carbons (Fsp3) is 0.429. The largest absolute Gasteiger partial charge is 0.322 e. The molecular formula is C14H20ClN5O5S. The molecule has 0 spiro atoms. The van der Waals surface area contributed by atoms with E-state index in [-0.39, 0.29) is 6.03 Å². The summed E-state index contributed by atoms with van der Waals surface area (Å²) in [5, 5.41) is 13.3. The van der Waals surface area contributed by atoms with Crippen LogP contribution in [0.15, 0.2) is 24.3 Å². The van der Waals surface area contributed by atoms with Gasteiger partial charge in [0.2, 0.25) is 0 Å². The molecule has 0 aliphatic carbocycles. The van der Waals surface area contributed by atoms with Gasteiger partial charge in [-0.1, -0.05) is 11.6 Å². The van der Waals surface area contributed by atoms with Crippen LogP contribution in [0.2, 0.25) is 5.02 Å². The minimum Gasteiger partial charge on any atom is -0.322 e. The van der Waals surface area contributed by atoms with E-state index in [0.717, 1.165) is 0 Å². The van der Waals surface area contributed by atoms with E-state index >= 15 is 0 Å². The fourth-order valence-electron chi connectivity index (χ4n) is 2.11. The van der Waals surface area contributed by atoms with Crippen molar-refractivity contribution in [1.82, 2.24) is 20.2 Å². The highest BCUT2D eigenvalue weighted by Gasteiger charge is 2.24. The number of piperazine rings is 1. The Morgan fingerprint density at radius 2 is 1.85 bits per heavy atom. The molecule has 0 bridgehead atoms. The Hall–Kier alpha value is -1.76. The molecule has 1 aromatic carbocycles. The monoisotopic (exact) mass is 405 g/mol. The van der Waals surface area contributed by atoms with Crippen LogP contribution in [0.4, 0.5) is 10.5 Å². The minimum atomic E-state index is -1.95. The van der Waals surface area contributed by atoms with E-state index in [4.69, 9.17) is 21.1 Å². The van der Waals surface area contributed by atoms with Gasteiger partial charge < -0.3 is 10.2 Å². The molecule has 1 aliphatic rings. The predicted molar refractivity (Wildman–Crippen MR) is 95.4 cm³/mol. The van der Waals surface area contributed by atoms with Crippen molar-refractivity contribution < 1.29 is 23.3 Å². The zero-order valence-electron chi connectivity index (χ0n) is 14.0. The van der Waals surface area contributed by atoms with Gasteiger partial charge in [-0.15, -0.1) is 0 Å². The molecule has 0 aromatic heterocycles. The summed E-state index contributed by atoms with van der Waals surface area (Å²) >= 11 is 3.85. The molecule has 1 heterocycles. The van der Waals surface area contributed by atoms with Crippen LogP contribution in [-0.2, 0) is 20.3 Å². The molecule has 2 atom stereocenters. The van der Waals surface area contributed by atoms with Crippen molar-refractivity contribution in [3.63, 3.8) is 0 Å². The third-order valence-corrected chi connectivity index (χ3v) is 4.72. The number of rotatable bonds is 6. The van der Waals surface area contributed by atoms with Crippen LogP contribution in [0.25, 0.3) is 0 Å². The Bertz CT molecular complexity index is 654. The van der Waals surface area contributed by atoms with Crippen molar-refractivity contribution in [1.29, 1.82) is 0 Å². The highest BCUT2D eigenvalue weighted by atomic mass is 35.5. The number of urea groups is 1. The number of carbonyl (C=O) groups is 2. The maximum Gasteiger partial charge on any atom is 0.321 e. The highest BCUT2D eigenvalue weighted by molar-refractivity contribution is 7.78.